The lowest BCUT2D eigenvalue weighted by molar-refractivity contribution is 0.248. The molecule has 3 aromatic rings. The molecule has 1 atom stereocenters. The van der Waals surface area contributed by atoms with Gasteiger partial charge >= 0.3 is 5.69 Å². The van der Waals surface area contributed by atoms with Gasteiger partial charge in [-0.25, -0.2) is 9.80 Å². The van der Waals surface area contributed by atoms with E-state index in [1.54, 1.807) is 0 Å². The number of rotatable bonds is 13. The average molecular weight is 548 g/mol. The molecule has 2 heterocycles. The highest BCUT2D eigenvalue weighted by Gasteiger charge is 2.43. The number of aryl methyl sites for hydroxylation is 1. The lowest BCUT2D eigenvalue weighted by Gasteiger charge is -2.38. The number of hydrogen-bond acceptors (Lipinski definition) is 7. The number of aromatic nitrogens is 2. The molecule has 40 heavy (non-hydrogen) atoms. The third-order valence-corrected chi connectivity index (χ3v) is 7.80. The van der Waals surface area contributed by atoms with Gasteiger partial charge in [0.1, 0.15) is 12.0 Å². The molecule has 0 fully saturated rings. The summed E-state index contributed by atoms with van der Waals surface area (Å²) in [6, 6.07) is 18.2. The first kappa shape index (κ1) is 29.4. The van der Waals surface area contributed by atoms with Crippen LogP contribution in [0.1, 0.15) is 38.3 Å². The van der Waals surface area contributed by atoms with Crippen LogP contribution in [0.2, 0.25) is 0 Å². The Kier molecular flexibility index (Phi) is 9.71. The van der Waals surface area contributed by atoms with Crippen LogP contribution in [0.3, 0.4) is 0 Å². The van der Waals surface area contributed by atoms with Gasteiger partial charge in [0.2, 0.25) is 0 Å². The Bertz CT molecular complexity index is 1380. The maximum atomic E-state index is 14.3. The largest absolute Gasteiger partial charge is 0.399 e. The van der Waals surface area contributed by atoms with E-state index in [1.165, 1.54) is 10.1 Å². The Hall–Kier alpha value is -3.56. The maximum absolute atomic E-state index is 14.3. The zero-order valence-corrected chi connectivity index (χ0v) is 24.7. The fourth-order valence-electron chi connectivity index (χ4n) is 5.77. The Morgan fingerprint density at radius 1 is 0.875 bits per heavy atom. The topological polar surface area (TPSA) is 83.0 Å². The van der Waals surface area contributed by atoms with E-state index in [0.29, 0.717) is 49.7 Å². The second-order valence-corrected chi connectivity index (χ2v) is 10.6. The number of hydrazine groups is 1. The molecule has 0 amide bonds. The van der Waals surface area contributed by atoms with E-state index in [9.17, 15) is 9.59 Å². The maximum Gasteiger partial charge on any atom is 0.332 e. The van der Waals surface area contributed by atoms with Crippen molar-refractivity contribution in [1.29, 1.82) is 0 Å². The second kappa shape index (κ2) is 13.2. The lowest BCUT2D eigenvalue weighted by atomic mass is 10.1. The van der Waals surface area contributed by atoms with Crippen LogP contribution in [-0.4, -0.2) is 65.5 Å². The highest BCUT2D eigenvalue weighted by molar-refractivity contribution is 5.73. The summed E-state index contributed by atoms with van der Waals surface area (Å²) in [4.78, 5) is 32.7. The lowest BCUT2D eigenvalue weighted by Crippen LogP contribution is -2.54. The molecule has 1 unspecified atom stereocenters. The molecule has 2 aromatic carbocycles. The summed E-state index contributed by atoms with van der Waals surface area (Å²) < 4.78 is 3.27. The summed E-state index contributed by atoms with van der Waals surface area (Å²) >= 11 is 0. The van der Waals surface area contributed by atoms with E-state index in [-0.39, 0.29) is 17.4 Å². The number of fused-ring (bicyclic) bond motifs is 1. The second-order valence-electron chi connectivity index (χ2n) is 10.6. The minimum atomic E-state index is -0.254. The normalized spacial score (nSPS) is 14.9. The molecule has 9 heteroatoms. The summed E-state index contributed by atoms with van der Waals surface area (Å²) in [5.41, 5.74) is 9.30. The number of nitrogens with two attached hydrogens (primary N) is 1. The van der Waals surface area contributed by atoms with E-state index < -0.39 is 0 Å². The van der Waals surface area contributed by atoms with Crippen LogP contribution < -0.4 is 26.9 Å². The Morgan fingerprint density at radius 2 is 1.55 bits per heavy atom. The number of para-hydroxylation sites is 1. The van der Waals surface area contributed by atoms with Gasteiger partial charge in [0.25, 0.3) is 5.56 Å². The van der Waals surface area contributed by atoms with Gasteiger partial charge in [0.05, 0.1) is 0 Å². The van der Waals surface area contributed by atoms with Crippen LogP contribution in [0.25, 0.3) is 0 Å². The van der Waals surface area contributed by atoms with Crippen molar-refractivity contribution in [1.82, 2.24) is 19.0 Å². The molecule has 0 bridgehead atoms. The van der Waals surface area contributed by atoms with Crippen molar-refractivity contribution >= 4 is 17.2 Å². The summed E-state index contributed by atoms with van der Waals surface area (Å²) in [5, 5.41) is 4.39. The number of benzene rings is 2. The van der Waals surface area contributed by atoms with Crippen LogP contribution in [0.15, 0.2) is 64.2 Å². The van der Waals surface area contributed by atoms with E-state index >= 15 is 0 Å². The van der Waals surface area contributed by atoms with Crippen molar-refractivity contribution in [3.05, 3.63) is 86.6 Å². The molecule has 0 radical (unpaired) electrons. The standard InChI is InChI=1S/C31H45N7O2/c1-6-34(7-2)38-27(23-24-15-10-9-11-16-24)35(8-3)29-28(38)30(39)37(21-14-20-33(4)5)31(40)36(29)22-19-25-17-12-13-18-26(25)32/h9-13,15-18,27H,6-8,14,19-23,32H2,1-5H3. The highest BCUT2D eigenvalue weighted by atomic mass is 16.2. The molecular formula is C31H45N7O2. The van der Waals surface area contributed by atoms with Crippen LogP contribution >= 0.6 is 0 Å². The van der Waals surface area contributed by atoms with Crippen molar-refractivity contribution in [2.45, 2.75) is 59.3 Å². The SMILES string of the molecule is CCN1c2c(c(=O)n(CCCN(C)C)c(=O)n2CCc2ccccc2N)N(N(CC)CC)C1Cc1ccccc1. The number of likely N-dealkylation sites (N-methyl/N-ethyl adjacent to an activating group) is 1. The molecule has 1 aliphatic heterocycles. The van der Waals surface area contributed by atoms with Crippen molar-refractivity contribution in [3.8, 4) is 0 Å². The number of hydrogen-bond donors (Lipinski definition) is 1. The first-order valence-electron chi connectivity index (χ1n) is 14.5. The predicted molar refractivity (Wildman–Crippen MR) is 165 cm³/mol. The van der Waals surface area contributed by atoms with Crippen LogP contribution in [0.5, 0.6) is 0 Å². The Morgan fingerprint density at radius 3 is 2.17 bits per heavy atom. The summed E-state index contributed by atoms with van der Waals surface area (Å²) in [6.45, 7) is 10.1. The quantitative estimate of drug-likeness (QED) is 0.329. The van der Waals surface area contributed by atoms with Crippen LogP contribution in [-0.2, 0) is 25.9 Å². The molecule has 2 N–H and O–H groups in total. The smallest absolute Gasteiger partial charge is 0.332 e. The average Bonchev–Trinajstić information content (AvgIpc) is 3.26. The monoisotopic (exact) mass is 547 g/mol. The van der Waals surface area contributed by atoms with Gasteiger partial charge in [-0.05, 0) is 57.6 Å². The predicted octanol–water partition coefficient (Wildman–Crippen LogP) is 3.26. The van der Waals surface area contributed by atoms with Gasteiger partial charge in [0, 0.05) is 44.8 Å². The molecule has 9 nitrogen and oxygen atoms in total. The van der Waals surface area contributed by atoms with Crippen molar-refractivity contribution < 1.29 is 0 Å². The van der Waals surface area contributed by atoms with Gasteiger partial charge in [0.15, 0.2) is 5.69 Å². The number of anilines is 3. The number of nitrogens with zero attached hydrogens (tertiary/aromatic N) is 6. The van der Waals surface area contributed by atoms with Gasteiger partial charge in [-0.3, -0.25) is 18.9 Å². The molecule has 4 rings (SSSR count). The zero-order chi connectivity index (χ0) is 28.8. The minimum Gasteiger partial charge on any atom is -0.399 e. The third-order valence-electron chi connectivity index (χ3n) is 7.80. The van der Waals surface area contributed by atoms with Crippen LogP contribution in [0, 0.1) is 0 Å². The fraction of sp³-hybridized carbons (Fsp3) is 0.484. The van der Waals surface area contributed by atoms with E-state index in [4.69, 9.17) is 5.73 Å². The molecule has 1 aromatic heterocycles. The zero-order valence-electron chi connectivity index (χ0n) is 24.7. The summed E-state index contributed by atoms with van der Waals surface area (Å²) in [5.74, 6) is 0.712. The molecule has 0 spiro atoms. The molecule has 0 saturated heterocycles. The van der Waals surface area contributed by atoms with Crippen LogP contribution in [0.4, 0.5) is 17.2 Å². The molecule has 0 saturated carbocycles. The Labute approximate surface area is 238 Å². The van der Waals surface area contributed by atoms with E-state index in [2.05, 4.69) is 52.7 Å². The molecule has 1 aliphatic rings. The number of nitrogen functional groups attached to an aromatic ring is 1. The van der Waals surface area contributed by atoms with Gasteiger partial charge in [-0.15, -0.1) is 0 Å². The first-order chi connectivity index (χ1) is 19.3. The molecular weight excluding hydrogens is 502 g/mol. The summed E-state index contributed by atoms with van der Waals surface area (Å²) in [7, 11) is 4.01. The van der Waals surface area contributed by atoms with Crippen molar-refractivity contribution in [3.63, 3.8) is 0 Å². The summed E-state index contributed by atoms with van der Waals surface area (Å²) in [6.07, 6.45) is 1.91. The fourth-order valence-corrected chi connectivity index (χ4v) is 5.77. The van der Waals surface area contributed by atoms with E-state index in [0.717, 1.165) is 31.6 Å². The van der Waals surface area contributed by atoms with Crippen molar-refractivity contribution in [2.24, 2.45) is 0 Å². The van der Waals surface area contributed by atoms with Gasteiger partial charge in [-0.1, -0.05) is 62.4 Å². The molecule has 0 aliphatic carbocycles. The first-order valence-corrected chi connectivity index (χ1v) is 14.5. The highest BCUT2D eigenvalue weighted by Crippen LogP contribution is 2.38. The van der Waals surface area contributed by atoms with Gasteiger partial charge in [-0.2, -0.15) is 0 Å². The van der Waals surface area contributed by atoms with Gasteiger partial charge < -0.3 is 15.5 Å². The third kappa shape index (κ3) is 5.95. The molecule has 216 valence electrons. The Balaban J connectivity index is 1.90. The van der Waals surface area contributed by atoms with E-state index in [1.807, 2.05) is 61.1 Å². The van der Waals surface area contributed by atoms with Crippen molar-refractivity contribution in [2.75, 3.05) is 55.9 Å². The minimum absolute atomic E-state index is 0.125.